The number of nitrogens with zero attached hydrogens (tertiary/aromatic N) is 1. The highest BCUT2D eigenvalue weighted by Gasteiger charge is 2.16. The van der Waals surface area contributed by atoms with Crippen LogP contribution in [-0.2, 0) is 0 Å². The average molecular weight is 134 g/mol. The van der Waals surface area contributed by atoms with Gasteiger partial charge in [-0.3, -0.25) is 4.79 Å². The van der Waals surface area contributed by atoms with Gasteiger partial charge in [0.15, 0.2) is 17.2 Å². The van der Waals surface area contributed by atoms with Gasteiger partial charge in [0.1, 0.15) is 0 Å². The molecule has 0 atom stereocenters. The van der Waals surface area contributed by atoms with Crippen molar-refractivity contribution in [3.8, 4) is 0 Å². The molecule has 3 nitrogen and oxygen atoms in total. The molecule has 1 aromatic rings. The first kappa shape index (κ1) is 5.41. The number of fused-ring (bicyclic) bond motifs is 1. The number of oxazole rings is 1. The highest BCUT2D eigenvalue weighted by atomic mass is 16.3. The lowest BCUT2D eigenvalue weighted by Crippen LogP contribution is -2.02. The van der Waals surface area contributed by atoms with Gasteiger partial charge in [-0.2, -0.15) is 0 Å². The van der Waals surface area contributed by atoms with E-state index in [1.54, 1.807) is 12.2 Å². The molecule has 1 aliphatic rings. The number of rotatable bonds is 0. The van der Waals surface area contributed by atoms with Crippen LogP contribution >= 0.6 is 0 Å². The molecule has 2 rings (SSSR count). The molecular weight excluding hydrogens is 130 g/mol. The maximum absolute atomic E-state index is 11.0. The summed E-state index contributed by atoms with van der Waals surface area (Å²) < 4.78 is 4.78. The SMILES string of the molecule is O=C1CC=Cc2o[c]nc21. The van der Waals surface area contributed by atoms with E-state index in [4.69, 9.17) is 4.42 Å². The number of carbonyl (C=O) groups is 1. The lowest BCUT2D eigenvalue weighted by molar-refractivity contribution is 0.0989. The van der Waals surface area contributed by atoms with Gasteiger partial charge in [0.2, 0.25) is 0 Å². The monoisotopic (exact) mass is 134 g/mol. The van der Waals surface area contributed by atoms with Crippen molar-refractivity contribution in [3.05, 3.63) is 23.9 Å². The minimum Gasteiger partial charge on any atom is -0.432 e. The topological polar surface area (TPSA) is 43.1 Å². The molecule has 0 aliphatic heterocycles. The van der Waals surface area contributed by atoms with E-state index in [1.165, 1.54) is 0 Å². The van der Waals surface area contributed by atoms with Gasteiger partial charge in [0.05, 0.1) is 0 Å². The molecule has 49 valence electrons. The van der Waals surface area contributed by atoms with E-state index in [0.717, 1.165) is 0 Å². The Kier molecular flexibility index (Phi) is 0.974. The number of Topliss-reactive ketones (excluding diaryl/α,β-unsaturated/α-hetero) is 1. The highest BCUT2D eigenvalue weighted by molar-refractivity contribution is 5.99. The summed E-state index contributed by atoms with van der Waals surface area (Å²) in [5.41, 5.74) is 0.405. The van der Waals surface area contributed by atoms with Crippen LogP contribution in [0, 0.1) is 6.39 Å². The minimum absolute atomic E-state index is 0.00231. The summed E-state index contributed by atoms with van der Waals surface area (Å²) in [4.78, 5) is 14.6. The normalized spacial score (nSPS) is 15.4. The number of aromatic nitrogens is 1. The molecule has 1 aromatic heterocycles. The van der Waals surface area contributed by atoms with Gasteiger partial charge in [0, 0.05) is 6.42 Å². The fraction of sp³-hybridized carbons (Fsp3) is 0.143. The number of hydrogen-bond acceptors (Lipinski definition) is 3. The Morgan fingerprint density at radius 2 is 2.60 bits per heavy atom. The van der Waals surface area contributed by atoms with Crippen molar-refractivity contribution in [3.63, 3.8) is 0 Å². The van der Waals surface area contributed by atoms with Crippen molar-refractivity contribution in [2.75, 3.05) is 0 Å². The standard InChI is InChI=1S/C7H4NO2/c9-5-2-1-3-6-7(5)8-4-10-6/h1,3H,2H2. The largest absolute Gasteiger partial charge is 0.432 e. The van der Waals surface area contributed by atoms with Crippen LogP contribution in [0.2, 0.25) is 0 Å². The van der Waals surface area contributed by atoms with E-state index in [1.807, 2.05) is 0 Å². The maximum Gasteiger partial charge on any atom is 0.284 e. The molecule has 0 N–H and O–H groups in total. The van der Waals surface area contributed by atoms with E-state index >= 15 is 0 Å². The smallest absolute Gasteiger partial charge is 0.284 e. The number of ketones is 1. The summed E-state index contributed by atoms with van der Waals surface area (Å²) in [6, 6.07) is 0. The molecule has 10 heavy (non-hydrogen) atoms. The molecule has 1 heterocycles. The number of carbonyl (C=O) groups excluding carboxylic acids is 1. The molecule has 1 radical (unpaired) electrons. The summed E-state index contributed by atoms with van der Waals surface area (Å²) >= 11 is 0. The maximum atomic E-state index is 11.0. The first-order valence-corrected chi connectivity index (χ1v) is 2.94. The quantitative estimate of drug-likeness (QED) is 0.533. The van der Waals surface area contributed by atoms with Crippen LogP contribution in [0.25, 0.3) is 6.08 Å². The Labute approximate surface area is 57.4 Å². The molecule has 0 unspecified atom stereocenters. The van der Waals surface area contributed by atoms with Crippen LogP contribution in [0.3, 0.4) is 0 Å². The third-order valence-corrected chi connectivity index (χ3v) is 1.38. The van der Waals surface area contributed by atoms with Crippen LogP contribution in [-0.4, -0.2) is 10.8 Å². The predicted molar refractivity (Wildman–Crippen MR) is 33.3 cm³/mol. The zero-order valence-electron chi connectivity index (χ0n) is 5.13. The molecule has 0 fully saturated rings. The fourth-order valence-electron chi connectivity index (χ4n) is 0.903. The number of allylic oxidation sites excluding steroid dienone is 1. The Bertz CT molecular complexity index is 298. The van der Waals surface area contributed by atoms with Gasteiger partial charge in [-0.1, -0.05) is 6.08 Å². The Balaban J connectivity index is 2.62. The second-order valence-corrected chi connectivity index (χ2v) is 2.05. The van der Waals surface area contributed by atoms with Crippen LogP contribution in [0.5, 0.6) is 0 Å². The molecule has 0 spiro atoms. The average Bonchev–Trinajstić information content (AvgIpc) is 2.36. The van der Waals surface area contributed by atoms with Crippen molar-refractivity contribution < 1.29 is 9.21 Å². The first-order chi connectivity index (χ1) is 4.88. The summed E-state index contributed by atoms with van der Waals surface area (Å²) in [6.07, 6.45) is 6.19. The zero-order valence-corrected chi connectivity index (χ0v) is 5.13. The predicted octanol–water partition coefficient (Wildman–Crippen LogP) is 1.07. The second-order valence-electron chi connectivity index (χ2n) is 2.05. The molecule has 0 saturated carbocycles. The molecule has 1 aliphatic carbocycles. The molecule has 0 bridgehead atoms. The molecule has 0 aromatic carbocycles. The van der Waals surface area contributed by atoms with E-state index in [0.29, 0.717) is 17.9 Å². The van der Waals surface area contributed by atoms with E-state index in [-0.39, 0.29) is 5.78 Å². The van der Waals surface area contributed by atoms with Crippen molar-refractivity contribution in [2.45, 2.75) is 6.42 Å². The van der Waals surface area contributed by atoms with Crippen molar-refractivity contribution in [2.24, 2.45) is 0 Å². The molecular formula is C7H4NO2. The summed E-state index contributed by atoms with van der Waals surface area (Å²) in [6.45, 7) is 0. The van der Waals surface area contributed by atoms with Crippen LogP contribution < -0.4 is 0 Å². The number of hydrogen-bond donors (Lipinski definition) is 0. The Hall–Kier alpha value is -1.38. The van der Waals surface area contributed by atoms with Gasteiger partial charge >= 0.3 is 0 Å². The molecule has 3 heteroatoms. The Morgan fingerprint density at radius 3 is 3.40 bits per heavy atom. The lowest BCUT2D eigenvalue weighted by atomic mass is 10.1. The summed E-state index contributed by atoms with van der Waals surface area (Å²) in [5, 5.41) is 0. The highest BCUT2D eigenvalue weighted by Crippen LogP contribution is 2.16. The fourth-order valence-corrected chi connectivity index (χ4v) is 0.903. The van der Waals surface area contributed by atoms with E-state index < -0.39 is 0 Å². The summed E-state index contributed by atoms with van der Waals surface area (Å²) in [7, 11) is 0. The van der Waals surface area contributed by atoms with Gasteiger partial charge in [-0.25, -0.2) is 4.98 Å². The van der Waals surface area contributed by atoms with Crippen LogP contribution in [0.1, 0.15) is 22.7 Å². The van der Waals surface area contributed by atoms with Crippen LogP contribution in [0.15, 0.2) is 10.5 Å². The minimum atomic E-state index is 0.00231. The second kappa shape index (κ2) is 1.80. The third-order valence-electron chi connectivity index (χ3n) is 1.38. The lowest BCUT2D eigenvalue weighted by Gasteiger charge is -1.97. The van der Waals surface area contributed by atoms with Gasteiger partial charge in [-0.15, -0.1) is 0 Å². The zero-order chi connectivity index (χ0) is 6.97. The van der Waals surface area contributed by atoms with Gasteiger partial charge in [-0.05, 0) is 6.08 Å². The Morgan fingerprint density at radius 1 is 1.70 bits per heavy atom. The van der Waals surface area contributed by atoms with Gasteiger partial charge in [0.25, 0.3) is 6.39 Å². The van der Waals surface area contributed by atoms with Crippen molar-refractivity contribution in [1.29, 1.82) is 0 Å². The van der Waals surface area contributed by atoms with Crippen LogP contribution in [0.4, 0.5) is 0 Å². The van der Waals surface area contributed by atoms with Crippen molar-refractivity contribution in [1.82, 2.24) is 4.98 Å². The van der Waals surface area contributed by atoms with E-state index in [9.17, 15) is 4.79 Å². The van der Waals surface area contributed by atoms with Gasteiger partial charge < -0.3 is 4.42 Å². The van der Waals surface area contributed by atoms with Crippen molar-refractivity contribution >= 4 is 11.9 Å². The summed E-state index contributed by atoms with van der Waals surface area (Å²) in [5.74, 6) is 0.527. The third kappa shape index (κ3) is 0.603. The molecule has 0 saturated heterocycles. The van der Waals surface area contributed by atoms with E-state index in [2.05, 4.69) is 11.4 Å². The molecule has 0 amide bonds. The first-order valence-electron chi connectivity index (χ1n) is 2.94.